The topological polar surface area (TPSA) is 63.5 Å². The van der Waals surface area contributed by atoms with Gasteiger partial charge in [0.25, 0.3) is 0 Å². The first-order valence-corrected chi connectivity index (χ1v) is 11.2. The van der Waals surface area contributed by atoms with Crippen LogP contribution in [0, 0.1) is 11.6 Å². The molecule has 1 saturated heterocycles. The van der Waals surface area contributed by atoms with Crippen molar-refractivity contribution in [3.8, 4) is 0 Å². The van der Waals surface area contributed by atoms with Gasteiger partial charge in [-0.3, -0.25) is 4.90 Å². The molecule has 176 valence electrons. The highest BCUT2D eigenvalue weighted by Crippen LogP contribution is 2.32. The van der Waals surface area contributed by atoms with Crippen LogP contribution in [0.5, 0.6) is 0 Å². The Morgan fingerprint density at radius 2 is 1.82 bits per heavy atom. The molecule has 2 aromatic heterocycles. The normalized spacial score (nSPS) is 14.8. The van der Waals surface area contributed by atoms with Gasteiger partial charge in [-0.25, -0.2) is 23.5 Å². The number of hydrogen-bond donors (Lipinski definition) is 0. The van der Waals surface area contributed by atoms with E-state index in [2.05, 4.69) is 24.3 Å². The largest absolute Gasteiger partial charge is 0.465 e. The highest BCUT2D eigenvalue weighted by atomic mass is 19.2. The van der Waals surface area contributed by atoms with Crippen LogP contribution in [0.15, 0.2) is 42.7 Å². The van der Waals surface area contributed by atoms with Crippen molar-refractivity contribution in [3.63, 3.8) is 0 Å². The summed E-state index contributed by atoms with van der Waals surface area (Å²) in [6, 6.07) is 9.57. The number of carbonyl (C=O) groups is 1. The van der Waals surface area contributed by atoms with Gasteiger partial charge in [0.2, 0.25) is 0 Å². The van der Waals surface area contributed by atoms with Crippen LogP contribution in [0.1, 0.15) is 15.9 Å². The molecule has 0 unspecified atom stereocenters. The molecule has 1 fully saturated rings. The Morgan fingerprint density at radius 3 is 2.56 bits per heavy atom. The second-order valence-electron chi connectivity index (χ2n) is 8.50. The summed E-state index contributed by atoms with van der Waals surface area (Å²) in [5.74, 6) is -1.14. The first-order chi connectivity index (χ1) is 16.5. The fourth-order valence-electron chi connectivity index (χ4n) is 4.66. The minimum atomic E-state index is -0.816. The van der Waals surface area contributed by atoms with E-state index in [1.54, 1.807) is 18.5 Å². The zero-order valence-corrected chi connectivity index (χ0v) is 19.1. The average Bonchev–Trinajstić information content (AvgIpc) is 3.16. The van der Waals surface area contributed by atoms with E-state index in [0.717, 1.165) is 66.0 Å². The van der Waals surface area contributed by atoms with E-state index in [0.29, 0.717) is 12.0 Å². The molecule has 1 aliphatic heterocycles. The van der Waals surface area contributed by atoms with Gasteiger partial charge in [-0.1, -0.05) is 6.07 Å². The standard InChI is InChI=1S/C25H25F2N5O2/c1-30-21-6-4-17(25(33)34-2)14-18(21)22-23(30)24(29-15-28-22)32-11-9-31(10-12-32)8-7-16-3-5-19(26)20(27)13-16/h3-6,13-15H,7-12H2,1-2H3. The smallest absolute Gasteiger partial charge is 0.337 e. The predicted octanol–water partition coefficient (Wildman–Crippen LogP) is 3.55. The van der Waals surface area contributed by atoms with Crippen LogP contribution >= 0.6 is 0 Å². The molecular weight excluding hydrogens is 440 g/mol. The number of piperazine rings is 1. The maximum absolute atomic E-state index is 13.5. The monoisotopic (exact) mass is 465 g/mol. The molecule has 3 heterocycles. The summed E-state index contributed by atoms with van der Waals surface area (Å²) in [5.41, 5.74) is 3.97. The molecule has 0 N–H and O–H groups in total. The van der Waals surface area contributed by atoms with Gasteiger partial charge in [-0.2, -0.15) is 0 Å². The molecule has 0 radical (unpaired) electrons. The van der Waals surface area contributed by atoms with Gasteiger partial charge >= 0.3 is 5.97 Å². The van der Waals surface area contributed by atoms with Crippen LogP contribution in [0.25, 0.3) is 21.9 Å². The van der Waals surface area contributed by atoms with Crippen molar-refractivity contribution in [2.45, 2.75) is 6.42 Å². The van der Waals surface area contributed by atoms with Crippen molar-refractivity contribution in [2.75, 3.05) is 44.7 Å². The van der Waals surface area contributed by atoms with Crippen molar-refractivity contribution in [2.24, 2.45) is 7.05 Å². The minimum Gasteiger partial charge on any atom is -0.465 e. The lowest BCUT2D eigenvalue weighted by Crippen LogP contribution is -2.47. The lowest BCUT2D eigenvalue weighted by atomic mass is 10.1. The Kier molecular flexibility index (Phi) is 5.87. The van der Waals surface area contributed by atoms with Crippen molar-refractivity contribution >= 4 is 33.7 Å². The summed E-state index contributed by atoms with van der Waals surface area (Å²) in [6.07, 6.45) is 2.23. The molecule has 0 bridgehead atoms. The number of aromatic nitrogens is 3. The van der Waals surface area contributed by atoms with Crippen LogP contribution in [-0.2, 0) is 18.2 Å². The summed E-state index contributed by atoms with van der Waals surface area (Å²) in [5, 5.41) is 0.884. The number of aryl methyl sites for hydroxylation is 1. The number of anilines is 1. The number of halogens is 2. The molecule has 1 aliphatic rings. The second kappa shape index (κ2) is 8.98. The van der Waals surface area contributed by atoms with Gasteiger partial charge in [-0.15, -0.1) is 0 Å². The number of rotatable bonds is 5. The maximum Gasteiger partial charge on any atom is 0.337 e. The highest BCUT2D eigenvalue weighted by molar-refractivity contribution is 6.10. The second-order valence-corrected chi connectivity index (χ2v) is 8.50. The number of fused-ring (bicyclic) bond motifs is 3. The Bertz CT molecular complexity index is 1380. The quantitative estimate of drug-likeness (QED) is 0.420. The van der Waals surface area contributed by atoms with Gasteiger partial charge in [-0.05, 0) is 42.3 Å². The fraction of sp³-hybridized carbons (Fsp3) is 0.320. The third-order valence-corrected chi connectivity index (χ3v) is 6.55. The number of carbonyl (C=O) groups excluding carboxylic acids is 1. The molecule has 4 aromatic rings. The van der Waals surface area contributed by atoms with Crippen molar-refractivity contribution in [3.05, 3.63) is 65.5 Å². The molecule has 0 atom stereocenters. The van der Waals surface area contributed by atoms with E-state index in [1.165, 1.54) is 19.2 Å². The van der Waals surface area contributed by atoms with E-state index in [9.17, 15) is 13.6 Å². The van der Waals surface area contributed by atoms with Crippen LogP contribution in [-0.4, -0.2) is 65.2 Å². The van der Waals surface area contributed by atoms with Crippen LogP contribution < -0.4 is 4.90 Å². The number of benzene rings is 2. The third kappa shape index (κ3) is 3.96. The highest BCUT2D eigenvalue weighted by Gasteiger charge is 2.23. The molecule has 0 amide bonds. The zero-order valence-electron chi connectivity index (χ0n) is 19.1. The maximum atomic E-state index is 13.5. The summed E-state index contributed by atoms with van der Waals surface area (Å²) in [6.45, 7) is 4.04. The molecule has 2 aromatic carbocycles. The molecular formula is C25H25F2N5O2. The molecule has 5 rings (SSSR count). The van der Waals surface area contributed by atoms with Gasteiger partial charge in [0.15, 0.2) is 17.5 Å². The first-order valence-electron chi connectivity index (χ1n) is 11.2. The number of hydrogen-bond acceptors (Lipinski definition) is 6. The lowest BCUT2D eigenvalue weighted by molar-refractivity contribution is 0.0601. The summed E-state index contributed by atoms with van der Waals surface area (Å²) in [7, 11) is 3.35. The van der Waals surface area contributed by atoms with Gasteiger partial charge in [0, 0.05) is 45.2 Å². The number of methoxy groups -OCH3 is 1. The third-order valence-electron chi connectivity index (χ3n) is 6.55. The summed E-state index contributed by atoms with van der Waals surface area (Å²) in [4.78, 5) is 25.7. The Hall–Kier alpha value is -3.59. The van der Waals surface area contributed by atoms with E-state index in [-0.39, 0.29) is 5.97 Å². The van der Waals surface area contributed by atoms with Crippen molar-refractivity contribution in [1.29, 1.82) is 0 Å². The Morgan fingerprint density at radius 1 is 1.03 bits per heavy atom. The number of esters is 1. The van der Waals surface area contributed by atoms with Crippen molar-refractivity contribution in [1.82, 2.24) is 19.4 Å². The van der Waals surface area contributed by atoms with Crippen LogP contribution in [0.3, 0.4) is 0 Å². The number of ether oxygens (including phenoxy) is 1. The lowest BCUT2D eigenvalue weighted by Gasteiger charge is -2.35. The summed E-state index contributed by atoms with van der Waals surface area (Å²) < 4.78 is 33.6. The predicted molar refractivity (Wildman–Crippen MR) is 126 cm³/mol. The molecule has 34 heavy (non-hydrogen) atoms. The van der Waals surface area contributed by atoms with E-state index in [1.807, 2.05) is 19.2 Å². The van der Waals surface area contributed by atoms with Gasteiger partial charge in [0.1, 0.15) is 17.4 Å². The minimum absolute atomic E-state index is 0.382. The van der Waals surface area contributed by atoms with E-state index < -0.39 is 11.6 Å². The van der Waals surface area contributed by atoms with Crippen molar-refractivity contribution < 1.29 is 18.3 Å². The fourth-order valence-corrected chi connectivity index (χ4v) is 4.66. The van der Waals surface area contributed by atoms with Gasteiger partial charge < -0.3 is 14.2 Å². The molecule has 0 aliphatic carbocycles. The zero-order chi connectivity index (χ0) is 23.8. The SMILES string of the molecule is COC(=O)c1ccc2c(c1)c1ncnc(N3CCN(CCc4ccc(F)c(F)c4)CC3)c1n2C. The van der Waals surface area contributed by atoms with Crippen LogP contribution in [0.4, 0.5) is 14.6 Å². The molecule has 7 nitrogen and oxygen atoms in total. The van der Waals surface area contributed by atoms with Gasteiger partial charge in [0.05, 0.1) is 18.2 Å². The number of nitrogens with zero attached hydrogens (tertiary/aromatic N) is 5. The molecule has 9 heteroatoms. The molecule has 0 spiro atoms. The summed E-state index contributed by atoms with van der Waals surface area (Å²) >= 11 is 0. The molecule has 0 saturated carbocycles. The first kappa shape index (κ1) is 22.2. The van der Waals surface area contributed by atoms with Crippen LogP contribution in [0.2, 0.25) is 0 Å². The average molecular weight is 466 g/mol. The van der Waals surface area contributed by atoms with E-state index >= 15 is 0 Å². The Labute approximate surface area is 195 Å². The Balaban J connectivity index is 1.34. The van der Waals surface area contributed by atoms with E-state index in [4.69, 9.17) is 4.74 Å².